The Morgan fingerprint density at radius 2 is 2.25 bits per heavy atom. The van der Waals surface area contributed by atoms with Crippen molar-refractivity contribution >= 4 is 33.3 Å². The van der Waals surface area contributed by atoms with Crippen LogP contribution in [0.4, 0.5) is 5.95 Å². The first-order valence-corrected chi connectivity index (χ1v) is 6.46. The van der Waals surface area contributed by atoms with E-state index in [1.807, 2.05) is 0 Å². The van der Waals surface area contributed by atoms with Gasteiger partial charge in [-0.15, -0.1) is 15.3 Å². The van der Waals surface area contributed by atoms with Crippen LogP contribution in [0, 0.1) is 0 Å². The van der Waals surface area contributed by atoms with Crippen molar-refractivity contribution in [3.8, 4) is 11.6 Å². The van der Waals surface area contributed by atoms with Gasteiger partial charge in [-0.3, -0.25) is 4.79 Å². The number of anilines is 1. The van der Waals surface area contributed by atoms with E-state index in [2.05, 4.69) is 36.2 Å². The Morgan fingerprint density at radius 3 is 3.00 bits per heavy atom. The topological polar surface area (TPSA) is 112 Å². The molecule has 0 aromatic carbocycles. The monoisotopic (exact) mass is 336 g/mol. The highest BCUT2D eigenvalue weighted by Crippen LogP contribution is 2.24. The first-order valence-electron chi connectivity index (χ1n) is 5.67. The molecule has 0 saturated carbocycles. The number of halogens is 1. The molecule has 0 saturated heterocycles. The number of fused-ring (bicyclic) bond motifs is 1. The number of hydrogen-bond acceptors (Lipinski definition) is 7. The Morgan fingerprint density at radius 1 is 1.45 bits per heavy atom. The van der Waals surface area contributed by atoms with Crippen LogP contribution in [-0.4, -0.2) is 30.6 Å². The largest absolute Gasteiger partial charge is 0.419 e. The molecule has 9 heteroatoms. The number of rotatable bonds is 3. The smallest absolute Gasteiger partial charge is 0.266 e. The molecule has 2 N–H and O–H groups in total. The number of ketones is 1. The van der Waals surface area contributed by atoms with Gasteiger partial charge in [0, 0.05) is 4.47 Å². The summed E-state index contributed by atoms with van der Waals surface area (Å²) in [6, 6.07) is 3.52. The second-order valence-electron chi connectivity index (χ2n) is 4.18. The van der Waals surface area contributed by atoms with Crippen molar-refractivity contribution in [1.29, 1.82) is 0 Å². The van der Waals surface area contributed by atoms with Gasteiger partial charge in [-0.25, -0.2) is 4.52 Å². The summed E-state index contributed by atoms with van der Waals surface area (Å²) >= 11 is 3.37. The Labute approximate surface area is 121 Å². The summed E-state index contributed by atoms with van der Waals surface area (Å²) in [5.74, 6) is 0.601. The maximum atomic E-state index is 11.0. The minimum Gasteiger partial charge on any atom is -0.419 e. The van der Waals surface area contributed by atoms with Gasteiger partial charge < -0.3 is 10.2 Å². The van der Waals surface area contributed by atoms with Crippen LogP contribution in [0.1, 0.15) is 12.8 Å². The summed E-state index contributed by atoms with van der Waals surface area (Å²) in [6.45, 7) is 1.46. The average Bonchev–Trinajstić information content (AvgIpc) is 2.93. The van der Waals surface area contributed by atoms with Gasteiger partial charge in [0.1, 0.15) is 11.5 Å². The molecule has 3 aromatic heterocycles. The van der Waals surface area contributed by atoms with Gasteiger partial charge in [-0.1, -0.05) is 15.9 Å². The number of nitrogens with zero attached hydrogens (tertiary/aromatic N) is 5. The lowest BCUT2D eigenvalue weighted by Gasteiger charge is -2.00. The van der Waals surface area contributed by atoms with Gasteiger partial charge in [-0.05, 0) is 19.1 Å². The van der Waals surface area contributed by atoms with E-state index in [4.69, 9.17) is 10.2 Å². The van der Waals surface area contributed by atoms with Crippen LogP contribution < -0.4 is 5.73 Å². The Hall–Kier alpha value is -2.29. The average molecular weight is 337 g/mol. The maximum Gasteiger partial charge on any atom is 0.266 e. The summed E-state index contributed by atoms with van der Waals surface area (Å²) in [5.41, 5.74) is 6.69. The molecule has 0 aliphatic carbocycles. The SMILES string of the molecule is CC(=O)Cc1nnc(-c2cc(Br)cc3nc(N)nn23)o1. The zero-order valence-corrected chi connectivity index (χ0v) is 12.0. The zero-order valence-electron chi connectivity index (χ0n) is 10.4. The molecule has 0 fully saturated rings. The first-order chi connectivity index (χ1) is 9.52. The third-order valence-electron chi connectivity index (χ3n) is 2.50. The molecule has 0 bridgehead atoms. The highest BCUT2D eigenvalue weighted by Gasteiger charge is 2.16. The van der Waals surface area contributed by atoms with Crippen molar-refractivity contribution in [2.24, 2.45) is 0 Å². The molecule has 0 amide bonds. The third kappa shape index (κ3) is 2.27. The number of hydrogen-bond donors (Lipinski definition) is 1. The fourth-order valence-electron chi connectivity index (χ4n) is 1.76. The van der Waals surface area contributed by atoms with Gasteiger partial charge >= 0.3 is 0 Å². The van der Waals surface area contributed by atoms with E-state index in [0.717, 1.165) is 4.47 Å². The number of aromatic nitrogens is 5. The highest BCUT2D eigenvalue weighted by atomic mass is 79.9. The number of pyridine rings is 1. The molecule has 0 spiro atoms. The molecule has 20 heavy (non-hydrogen) atoms. The molecule has 8 nitrogen and oxygen atoms in total. The van der Waals surface area contributed by atoms with Crippen LogP contribution in [0.5, 0.6) is 0 Å². The summed E-state index contributed by atoms with van der Waals surface area (Å²) in [5, 5.41) is 11.8. The molecule has 0 radical (unpaired) electrons. The zero-order chi connectivity index (χ0) is 14.3. The molecule has 3 rings (SSSR count). The molecule has 0 atom stereocenters. The van der Waals surface area contributed by atoms with Crippen LogP contribution in [0.25, 0.3) is 17.2 Å². The molecule has 3 aromatic rings. The fourth-order valence-corrected chi connectivity index (χ4v) is 2.18. The number of carbonyl (C=O) groups excluding carboxylic acids is 1. The van der Waals surface area contributed by atoms with Crippen molar-refractivity contribution in [3.63, 3.8) is 0 Å². The first kappa shape index (κ1) is 12.7. The van der Waals surface area contributed by atoms with Crippen LogP contribution in [-0.2, 0) is 11.2 Å². The van der Waals surface area contributed by atoms with Gasteiger partial charge in [0.2, 0.25) is 11.8 Å². The lowest BCUT2D eigenvalue weighted by molar-refractivity contribution is -0.116. The molecule has 0 aliphatic rings. The summed E-state index contributed by atoms with van der Waals surface area (Å²) in [7, 11) is 0. The molecule has 3 heterocycles. The molecular weight excluding hydrogens is 328 g/mol. The standard InChI is InChI=1S/C11H9BrN6O2/c1-5(19)2-9-15-16-10(20-9)7-3-6(12)4-8-14-11(13)17-18(7)8/h3-4H,2H2,1H3,(H2,13,17). The van der Waals surface area contributed by atoms with Gasteiger partial charge in [-0.2, -0.15) is 4.98 Å². The van der Waals surface area contributed by atoms with E-state index in [9.17, 15) is 4.79 Å². The van der Waals surface area contributed by atoms with Crippen molar-refractivity contribution in [1.82, 2.24) is 24.8 Å². The number of Topliss-reactive ketones (excluding diaryl/α,β-unsaturated/α-hetero) is 1. The van der Waals surface area contributed by atoms with Crippen LogP contribution >= 0.6 is 15.9 Å². The Balaban J connectivity index is 2.13. The summed E-state index contributed by atoms with van der Waals surface area (Å²) in [4.78, 5) is 15.1. The molecule has 102 valence electrons. The maximum absolute atomic E-state index is 11.0. The molecule has 0 aliphatic heterocycles. The molecule has 0 unspecified atom stereocenters. The van der Waals surface area contributed by atoms with E-state index in [0.29, 0.717) is 11.3 Å². The number of nitrogen functional groups attached to an aromatic ring is 1. The summed E-state index contributed by atoms with van der Waals surface area (Å²) < 4.78 is 7.74. The predicted octanol–water partition coefficient (Wildman–Crippen LogP) is 1.26. The normalized spacial score (nSPS) is 11.1. The Bertz CT molecular complexity index is 808. The lowest BCUT2D eigenvalue weighted by atomic mass is 10.3. The van der Waals surface area contributed by atoms with E-state index in [1.54, 1.807) is 12.1 Å². The van der Waals surface area contributed by atoms with Crippen molar-refractivity contribution < 1.29 is 9.21 Å². The second kappa shape index (κ2) is 4.67. The van der Waals surface area contributed by atoms with Gasteiger partial charge in [0.15, 0.2) is 5.65 Å². The predicted molar refractivity (Wildman–Crippen MR) is 72.8 cm³/mol. The summed E-state index contributed by atoms with van der Waals surface area (Å²) in [6.07, 6.45) is 0.101. The van der Waals surface area contributed by atoms with Gasteiger partial charge in [0.05, 0.1) is 6.42 Å². The van der Waals surface area contributed by atoms with Crippen molar-refractivity contribution in [2.45, 2.75) is 13.3 Å². The van der Waals surface area contributed by atoms with E-state index in [-0.39, 0.29) is 29.9 Å². The lowest BCUT2D eigenvalue weighted by Crippen LogP contribution is -1.96. The second-order valence-corrected chi connectivity index (χ2v) is 5.09. The highest BCUT2D eigenvalue weighted by molar-refractivity contribution is 9.10. The van der Waals surface area contributed by atoms with Crippen LogP contribution in [0.15, 0.2) is 21.0 Å². The molecular formula is C11H9BrN6O2. The number of carbonyl (C=O) groups is 1. The third-order valence-corrected chi connectivity index (χ3v) is 2.96. The fraction of sp³-hybridized carbons (Fsp3) is 0.182. The van der Waals surface area contributed by atoms with Crippen molar-refractivity contribution in [3.05, 3.63) is 22.5 Å². The minimum atomic E-state index is -0.0513. The van der Waals surface area contributed by atoms with E-state index < -0.39 is 0 Å². The van der Waals surface area contributed by atoms with Crippen LogP contribution in [0.3, 0.4) is 0 Å². The number of nitrogens with two attached hydrogens (primary N) is 1. The van der Waals surface area contributed by atoms with Crippen molar-refractivity contribution in [2.75, 3.05) is 5.73 Å². The van der Waals surface area contributed by atoms with E-state index >= 15 is 0 Å². The quantitative estimate of drug-likeness (QED) is 0.765. The van der Waals surface area contributed by atoms with Gasteiger partial charge in [0.25, 0.3) is 5.89 Å². The minimum absolute atomic E-state index is 0.0513. The Kier molecular flexibility index (Phi) is 2.97. The van der Waals surface area contributed by atoms with Crippen LogP contribution in [0.2, 0.25) is 0 Å². The van der Waals surface area contributed by atoms with E-state index in [1.165, 1.54) is 11.4 Å².